The van der Waals surface area contributed by atoms with Gasteiger partial charge in [-0.25, -0.2) is 0 Å². The summed E-state index contributed by atoms with van der Waals surface area (Å²) >= 11 is 0. The number of nitrogens with one attached hydrogen (secondary N) is 2. The lowest BCUT2D eigenvalue weighted by molar-refractivity contribution is -0.137. The fourth-order valence-corrected chi connectivity index (χ4v) is 2.79. The third-order valence-corrected chi connectivity index (χ3v) is 4.08. The van der Waals surface area contributed by atoms with Crippen LogP contribution in [0.3, 0.4) is 0 Å². The predicted molar refractivity (Wildman–Crippen MR) is 80.9 cm³/mol. The highest BCUT2D eigenvalue weighted by atomic mass is 19.4. The van der Waals surface area contributed by atoms with Crippen molar-refractivity contribution in [1.82, 2.24) is 10.6 Å². The molecular formula is C16H16F3N3O. The smallest absolute Gasteiger partial charge is 0.317 e. The van der Waals surface area contributed by atoms with E-state index in [0.717, 1.165) is 25.2 Å². The number of aliphatic imine (C=N–C) groups is 1. The Kier molecular flexibility index (Phi) is 3.97. The molecule has 2 aliphatic heterocycles. The van der Waals surface area contributed by atoms with Gasteiger partial charge in [-0.2, -0.15) is 13.2 Å². The second kappa shape index (κ2) is 5.81. The average molecular weight is 323 g/mol. The minimum atomic E-state index is -4.37. The number of rotatable bonds is 2. The molecule has 2 N–H and O–H groups in total. The van der Waals surface area contributed by atoms with Crippen LogP contribution in [0.2, 0.25) is 0 Å². The van der Waals surface area contributed by atoms with E-state index in [0.29, 0.717) is 24.2 Å². The monoisotopic (exact) mass is 323 g/mol. The SMILES string of the molecule is O=C1NC(/C=C/c2cccc(C(F)(F)F)c2)=NC12CCNCC2. The summed E-state index contributed by atoms with van der Waals surface area (Å²) in [6, 6.07) is 5.01. The normalized spacial score (nSPS) is 20.8. The van der Waals surface area contributed by atoms with Gasteiger partial charge >= 0.3 is 6.18 Å². The van der Waals surface area contributed by atoms with E-state index in [4.69, 9.17) is 0 Å². The molecule has 2 heterocycles. The molecule has 0 aromatic heterocycles. The Morgan fingerprint density at radius 1 is 1.17 bits per heavy atom. The van der Waals surface area contributed by atoms with Gasteiger partial charge in [-0.15, -0.1) is 0 Å². The summed E-state index contributed by atoms with van der Waals surface area (Å²) in [4.78, 5) is 16.6. The second-order valence-electron chi connectivity index (χ2n) is 5.69. The van der Waals surface area contributed by atoms with Crippen molar-refractivity contribution >= 4 is 17.8 Å². The molecule has 1 aromatic carbocycles. The Bertz CT molecular complexity index is 673. The van der Waals surface area contributed by atoms with Crippen molar-refractivity contribution in [2.24, 2.45) is 4.99 Å². The number of halogens is 3. The van der Waals surface area contributed by atoms with Crippen molar-refractivity contribution in [1.29, 1.82) is 0 Å². The molecule has 0 atom stereocenters. The van der Waals surface area contributed by atoms with Gasteiger partial charge in [-0.1, -0.05) is 18.2 Å². The van der Waals surface area contributed by atoms with E-state index in [1.165, 1.54) is 12.1 Å². The predicted octanol–water partition coefficient (Wildman–Crippen LogP) is 2.37. The molecule has 1 amide bonds. The third-order valence-electron chi connectivity index (χ3n) is 4.08. The lowest BCUT2D eigenvalue weighted by atomic mass is 9.89. The van der Waals surface area contributed by atoms with Gasteiger partial charge < -0.3 is 10.6 Å². The maximum absolute atomic E-state index is 12.7. The molecule has 2 aliphatic rings. The van der Waals surface area contributed by atoms with Crippen molar-refractivity contribution < 1.29 is 18.0 Å². The molecule has 3 rings (SSSR count). The van der Waals surface area contributed by atoms with Crippen LogP contribution in [0.25, 0.3) is 6.08 Å². The average Bonchev–Trinajstić information content (AvgIpc) is 2.81. The number of carbonyl (C=O) groups is 1. The first-order valence-electron chi connectivity index (χ1n) is 7.36. The minimum absolute atomic E-state index is 0.136. The number of amidine groups is 1. The van der Waals surface area contributed by atoms with E-state index in [-0.39, 0.29) is 5.91 Å². The number of nitrogens with zero attached hydrogens (tertiary/aromatic N) is 1. The van der Waals surface area contributed by atoms with Gasteiger partial charge in [-0.05, 0) is 49.7 Å². The standard InChI is InChI=1S/C16H16F3N3O/c17-16(18,19)12-3-1-2-11(10-12)4-5-13-21-14(23)15(22-13)6-8-20-9-7-15/h1-5,10,20H,6-9H2,(H,21,22,23)/b5-4+. The van der Waals surface area contributed by atoms with E-state index in [1.54, 1.807) is 12.1 Å². The molecule has 0 radical (unpaired) electrons. The molecule has 1 fully saturated rings. The highest BCUT2D eigenvalue weighted by Gasteiger charge is 2.43. The van der Waals surface area contributed by atoms with Gasteiger partial charge in [0, 0.05) is 0 Å². The Labute approximate surface area is 131 Å². The highest BCUT2D eigenvalue weighted by molar-refractivity contribution is 6.13. The molecule has 0 saturated carbocycles. The molecule has 0 aliphatic carbocycles. The summed E-state index contributed by atoms with van der Waals surface area (Å²) in [6.07, 6.45) is -0.0554. The Balaban J connectivity index is 1.78. The van der Waals surface area contributed by atoms with Crippen LogP contribution in [-0.2, 0) is 11.0 Å². The van der Waals surface area contributed by atoms with Gasteiger partial charge in [0.25, 0.3) is 5.91 Å². The third kappa shape index (κ3) is 3.29. The van der Waals surface area contributed by atoms with E-state index >= 15 is 0 Å². The number of hydrogen-bond acceptors (Lipinski definition) is 3. The molecule has 1 saturated heterocycles. The van der Waals surface area contributed by atoms with Crippen molar-refractivity contribution in [3.05, 3.63) is 41.5 Å². The highest BCUT2D eigenvalue weighted by Crippen LogP contribution is 2.30. The molecule has 4 nitrogen and oxygen atoms in total. The van der Waals surface area contributed by atoms with Gasteiger partial charge in [0.2, 0.25) is 0 Å². The number of carbonyl (C=O) groups excluding carboxylic acids is 1. The summed E-state index contributed by atoms with van der Waals surface area (Å²) < 4.78 is 38.1. The largest absolute Gasteiger partial charge is 0.416 e. The van der Waals surface area contributed by atoms with Gasteiger partial charge in [0.15, 0.2) is 0 Å². The summed E-state index contributed by atoms with van der Waals surface area (Å²) in [5, 5.41) is 5.88. The first-order valence-corrected chi connectivity index (χ1v) is 7.36. The molecule has 0 unspecified atom stereocenters. The van der Waals surface area contributed by atoms with Gasteiger partial charge in [0.05, 0.1) is 5.56 Å². The summed E-state index contributed by atoms with van der Waals surface area (Å²) in [5.74, 6) is 0.261. The zero-order valence-corrected chi connectivity index (χ0v) is 12.3. The number of amides is 1. The van der Waals surface area contributed by atoms with E-state index in [2.05, 4.69) is 15.6 Å². The lowest BCUT2D eigenvalue weighted by Crippen LogP contribution is -2.47. The van der Waals surface area contributed by atoms with Crippen LogP contribution in [0.15, 0.2) is 35.3 Å². The van der Waals surface area contributed by atoms with Crippen molar-refractivity contribution in [2.45, 2.75) is 24.6 Å². The second-order valence-corrected chi connectivity index (χ2v) is 5.69. The van der Waals surface area contributed by atoms with Crippen molar-refractivity contribution in [2.75, 3.05) is 13.1 Å². The molecule has 23 heavy (non-hydrogen) atoms. The first-order chi connectivity index (χ1) is 10.9. The number of piperidine rings is 1. The maximum Gasteiger partial charge on any atom is 0.416 e. The molecule has 0 bridgehead atoms. The zero-order chi connectivity index (χ0) is 16.5. The van der Waals surface area contributed by atoms with Crippen LogP contribution >= 0.6 is 0 Å². The zero-order valence-electron chi connectivity index (χ0n) is 12.3. The Morgan fingerprint density at radius 3 is 2.61 bits per heavy atom. The van der Waals surface area contributed by atoms with E-state index < -0.39 is 17.3 Å². The maximum atomic E-state index is 12.7. The summed E-state index contributed by atoms with van der Waals surface area (Å²) in [6.45, 7) is 1.45. The van der Waals surface area contributed by atoms with Crippen LogP contribution in [0.4, 0.5) is 13.2 Å². The molecule has 1 aromatic rings. The van der Waals surface area contributed by atoms with Crippen LogP contribution in [0, 0.1) is 0 Å². The minimum Gasteiger partial charge on any atom is -0.317 e. The van der Waals surface area contributed by atoms with Crippen LogP contribution < -0.4 is 10.6 Å². The fraction of sp³-hybridized carbons (Fsp3) is 0.375. The van der Waals surface area contributed by atoms with Crippen molar-refractivity contribution in [3.8, 4) is 0 Å². The van der Waals surface area contributed by atoms with Crippen LogP contribution in [0.5, 0.6) is 0 Å². The topological polar surface area (TPSA) is 53.5 Å². The fourth-order valence-electron chi connectivity index (χ4n) is 2.79. The number of benzene rings is 1. The van der Waals surface area contributed by atoms with Crippen LogP contribution in [0.1, 0.15) is 24.0 Å². The molecular weight excluding hydrogens is 307 g/mol. The Morgan fingerprint density at radius 2 is 1.91 bits per heavy atom. The Hall–Kier alpha value is -2.15. The van der Waals surface area contributed by atoms with E-state index in [1.807, 2.05) is 0 Å². The quantitative estimate of drug-likeness (QED) is 0.878. The number of hydrogen-bond donors (Lipinski definition) is 2. The molecule has 1 spiro atoms. The summed E-state index contributed by atoms with van der Waals surface area (Å²) in [7, 11) is 0. The van der Waals surface area contributed by atoms with Crippen molar-refractivity contribution in [3.63, 3.8) is 0 Å². The first kappa shape index (κ1) is 15.7. The van der Waals surface area contributed by atoms with Gasteiger partial charge in [-0.3, -0.25) is 9.79 Å². The van der Waals surface area contributed by atoms with E-state index in [9.17, 15) is 18.0 Å². The van der Waals surface area contributed by atoms with Crippen LogP contribution in [-0.4, -0.2) is 30.4 Å². The molecule has 122 valence electrons. The number of alkyl halides is 3. The molecule has 7 heteroatoms. The van der Waals surface area contributed by atoms with Gasteiger partial charge in [0.1, 0.15) is 11.4 Å². The lowest BCUT2D eigenvalue weighted by Gasteiger charge is -2.27. The summed E-state index contributed by atoms with van der Waals surface area (Å²) in [5.41, 5.74) is -1.02.